The number of hydrogen-bond acceptors (Lipinski definition) is 2. The molecule has 1 heterocycles. The van der Waals surface area contributed by atoms with Crippen LogP contribution in [0.5, 0.6) is 5.75 Å². The van der Waals surface area contributed by atoms with Crippen molar-refractivity contribution in [2.24, 2.45) is 0 Å². The number of benzene rings is 1. The maximum Gasteiger partial charge on any atom is 0.119 e. The first-order valence-corrected chi connectivity index (χ1v) is 7.81. The fourth-order valence-electron chi connectivity index (χ4n) is 5.06. The van der Waals surface area contributed by atoms with E-state index in [1.165, 1.54) is 49.8 Å². The van der Waals surface area contributed by atoms with E-state index in [1.54, 1.807) is 7.11 Å². The molecule has 0 aromatic heterocycles. The summed E-state index contributed by atoms with van der Waals surface area (Å²) in [6.07, 6.45) is 11.5. The lowest BCUT2D eigenvalue weighted by atomic mass is 9.55. The largest absolute Gasteiger partial charge is 0.497 e. The van der Waals surface area contributed by atoms with Crippen LogP contribution in [0.1, 0.15) is 43.2 Å². The van der Waals surface area contributed by atoms with Crippen LogP contribution in [0, 0.1) is 0 Å². The van der Waals surface area contributed by atoms with E-state index in [-0.39, 0.29) is 5.54 Å². The molecule has 1 aromatic rings. The topological polar surface area (TPSA) is 12.5 Å². The summed E-state index contributed by atoms with van der Waals surface area (Å²) in [6, 6.07) is 6.63. The average molecular weight is 269 g/mol. The summed E-state index contributed by atoms with van der Waals surface area (Å²) < 4.78 is 5.49. The molecule has 1 aromatic carbocycles. The molecule has 20 heavy (non-hydrogen) atoms. The first-order chi connectivity index (χ1) is 9.72. The first-order valence-electron chi connectivity index (χ1n) is 7.81. The number of likely N-dealkylation sites (tertiary alicyclic amines) is 1. The second-order valence-corrected chi connectivity index (χ2v) is 6.67. The van der Waals surface area contributed by atoms with Crippen molar-refractivity contribution in [3.63, 3.8) is 0 Å². The second-order valence-electron chi connectivity index (χ2n) is 6.67. The van der Waals surface area contributed by atoms with Crippen LogP contribution in [0.3, 0.4) is 0 Å². The van der Waals surface area contributed by atoms with E-state index in [1.807, 2.05) is 0 Å². The maximum atomic E-state index is 5.49. The summed E-state index contributed by atoms with van der Waals surface area (Å²) in [7, 11) is 4.08. The fraction of sp³-hybridized carbons (Fsp3) is 0.556. The Labute approximate surface area is 121 Å². The Morgan fingerprint density at radius 1 is 1.15 bits per heavy atom. The van der Waals surface area contributed by atoms with Crippen LogP contribution in [-0.2, 0) is 5.41 Å². The molecule has 4 rings (SSSR count). The zero-order chi connectivity index (χ0) is 13.8. The van der Waals surface area contributed by atoms with Gasteiger partial charge in [0.15, 0.2) is 0 Å². The minimum absolute atomic E-state index is 0.255. The minimum Gasteiger partial charge on any atom is -0.497 e. The van der Waals surface area contributed by atoms with Gasteiger partial charge in [0, 0.05) is 11.0 Å². The number of ether oxygens (including phenoxy) is 1. The highest BCUT2D eigenvalue weighted by atomic mass is 16.5. The van der Waals surface area contributed by atoms with Gasteiger partial charge in [0.05, 0.1) is 7.11 Å². The summed E-state index contributed by atoms with van der Waals surface area (Å²) in [4.78, 5) is 2.60. The molecular weight excluding hydrogens is 246 g/mol. The third-order valence-electron chi connectivity index (χ3n) is 6.11. The molecule has 2 nitrogen and oxygen atoms in total. The Morgan fingerprint density at radius 2 is 2.00 bits per heavy atom. The van der Waals surface area contributed by atoms with Crippen molar-refractivity contribution in [2.75, 3.05) is 20.7 Å². The van der Waals surface area contributed by atoms with Gasteiger partial charge in [-0.15, -0.1) is 0 Å². The molecule has 106 valence electrons. The van der Waals surface area contributed by atoms with Crippen LogP contribution in [-0.4, -0.2) is 31.1 Å². The molecule has 2 heteroatoms. The molecule has 3 aliphatic rings. The SMILES string of the molecule is COc1ccc2c(c1)C13CCCCC1(C=C2)N(C)CC3. The maximum absolute atomic E-state index is 5.49. The lowest BCUT2D eigenvalue weighted by Crippen LogP contribution is -2.56. The standard InChI is InChI=1S/C18H23NO/c1-19-12-11-17-8-3-4-9-18(17,19)10-7-14-5-6-15(20-2)13-16(14)17/h5-7,10,13H,3-4,8-9,11-12H2,1-2H3. The third kappa shape index (κ3) is 1.33. The van der Waals surface area contributed by atoms with E-state index in [9.17, 15) is 0 Å². The molecule has 2 unspecified atom stereocenters. The smallest absolute Gasteiger partial charge is 0.119 e. The second kappa shape index (κ2) is 4.11. The average Bonchev–Trinajstić information content (AvgIpc) is 2.82. The summed E-state index contributed by atoms with van der Waals surface area (Å²) in [5.41, 5.74) is 3.51. The molecule has 1 aliphatic heterocycles. The Hall–Kier alpha value is -1.28. The number of fused-ring (bicyclic) bond motifs is 1. The zero-order valence-electron chi connectivity index (χ0n) is 12.5. The molecule has 0 spiro atoms. The van der Waals surface area contributed by atoms with Gasteiger partial charge in [0.2, 0.25) is 0 Å². The van der Waals surface area contributed by atoms with Gasteiger partial charge < -0.3 is 4.74 Å². The summed E-state index contributed by atoms with van der Waals surface area (Å²) in [6.45, 7) is 1.21. The van der Waals surface area contributed by atoms with Crippen LogP contribution in [0.4, 0.5) is 0 Å². The van der Waals surface area contributed by atoms with Crippen molar-refractivity contribution in [3.8, 4) is 5.75 Å². The molecule has 1 saturated heterocycles. The van der Waals surface area contributed by atoms with E-state index in [4.69, 9.17) is 4.74 Å². The third-order valence-corrected chi connectivity index (χ3v) is 6.11. The van der Waals surface area contributed by atoms with Crippen LogP contribution < -0.4 is 4.74 Å². The van der Waals surface area contributed by atoms with Gasteiger partial charge in [-0.2, -0.15) is 0 Å². The molecular formula is C18H23NO. The molecule has 0 amide bonds. The predicted octanol–water partition coefficient (Wildman–Crippen LogP) is 3.61. The first kappa shape index (κ1) is 12.5. The lowest BCUT2D eigenvalue weighted by molar-refractivity contribution is 0.104. The summed E-state index contributed by atoms with van der Waals surface area (Å²) >= 11 is 0. The zero-order valence-corrected chi connectivity index (χ0v) is 12.5. The molecule has 0 bridgehead atoms. The molecule has 2 fully saturated rings. The van der Waals surface area contributed by atoms with E-state index in [0.29, 0.717) is 5.41 Å². The monoisotopic (exact) mass is 269 g/mol. The number of rotatable bonds is 1. The lowest BCUT2D eigenvalue weighted by Gasteiger charge is -2.53. The van der Waals surface area contributed by atoms with Gasteiger partial charge in [0.1, 0.15) is 5.75 Å². The Balaban J connectivity index is 1.96. The fourth-order valence-corrected chi connectivity index (χ4v) is 5.06. The van der Waals surface area contributed by atoms with Crippen molar-refractivity contribution in [2.45, 2.75) is 43.1 Å². The Morgan fingerprint density at radius 3 is 2.85 bits per heavy atom. The van der Waals surface area contributed by atoms with Crippen LogP contribution in [0.25, 0.3) is 6.08 Å². The van der Waals surface area contributed by atoms with Gasteiger partial charge in [-0.25, -0.2) is 0 Å². The molecule has 0 radical (unpaired) electrons. The highest BCUT2D eigenvalue weighted by Gasteiger charge is 2.59. The van der Waals surface area contributed by atoms with E-state index in [0.717, 1.165) is 5.75 Å². The van der Waals surface area contributed by atoms with Gasteiger partial charge >= 0.3 is 0 Å². The van der Waals surface area contributed by atoms with Crippen LogP contribution >= 0.6 is 0 Å². The molecule has 2 aliphatic carbocycles. The Kier molecular flexibility index (Phi) is 2.56. The quantitative estimate of drug-likeness (QED) is 0.772. The highest BCUT2D eigenvalue weighted by Crippen LogP contribution is 2.59. The molecule has 0 N–H and O–H groups in total. The van der Waals surface area contributed by atoms with Gasteiger partial charge in [-0.3, -0.25) is 4.90 Å². The normalized spacial score (nSPS) is 35.3. The van der Waals surface area contributed by atoms with E-state index >= 15 is 0 Å². The minimum atomic E-state index is 0.255. The number of likely N-dealkylation sites (N-methyl/N-ethyl adjacent to an activating group) is 1. The van der Waals surface area contributed by atoms with E-state index < -0.39 is 0 Å². The van der Waals surface area contributed by atoms with Gasteiger partial charge in [-0.05, 0) is 56.1 Å². The molecule has 2 atom stereocenters. The van der Waals surface area contributed by atoms with Crippen molar-refractivity contribution in [1.82, 2.24) is 4.90 Å². The number of methoxy groups -OCH3 is 1. The highest BCUT2D eigenvalue weighted by molar-refractivity contribution is 5.65. The predicted molar refractivity (Wildman–Crippen MR) is 82.2 cm³/mol. The number of hydrogen-bond donors (Lipinski definition) is 0. The van der Waals surface area contributed by atoms with Gasteiger partial charge in [-0.1, -0.05) is 31.1 Å². The van der Waals surface area contributed by atoms with Gasteiger partial charge in [0.25, 0.3) is 0 Å². The summed E-state index contributed by atoms with van der Waals surface area (Å²) in [5.74, 6) is 1.00. The van der Waals surface area contributed by atoms with Crippen molar-refractivity contribution in [3.05, 3.63) is 35.4 Å². The van der Waals surface area contributed by atoms with Crippen molar-refractivity contribution >= 4 is 6.08 Å². The molecule has 1 saturated carbocycles. The summed E-state index contributed by atoms with van der Waals surface area (Å²) in [5, 5.41) is 0. The van der Waals surface area contributed by atoms with Crippen molar-refractivity contribution < 1.29 is 4.74 Å². The van der Waals surface area contributed by atoms with Crippen molar-refractivity contribution in [1.29, 1.82) is 0 Å². The Bertz CT molecular complexity index is 575. The van der Waals surface area contributed by atoms with Crippen LogP contribution in [0.2, 0.25) is 0 Å². The number of nitrogens with zero attached hydrogens (tertiary/aromatic N) is 1. The van der Waals surface area contributed by atoms with E-state index in [2.05, 4.69) is 42.3 Å². The van der Waals surface area contributed by atoms with Crippen LogP contribution in [0.15, 0.2) is 24.3 Å².